The van der Waals surface area contributed by atoms with Crippen LogP contribution in [0.1, 0.15) is 40.7 Å². The fraction of sp³-hybridized carbons (Fsp3) is 0.217. The minimum Gasteiger partial charge on any atom is -0.338 e. The molecule has 7 heteroatoms. The average molecular weight is 419 g/mol. The van der Waals surface area contributed by atoms with E-state index >= 15 is 0 Å². The summed E-state index contributed by atoms with van der Waals surface area (Å²) in [5.41, 5.74) is 1.91. The lowest BCUT2D eigenvalue weighted by Gasteiger charge is -2.26. The van der Waals surface area contributed by atoms with Crippen LogP contribution in [0.15, 0.2) is 59.1 Å². The molecular weight excluding hydrogens is 400 g/mol. The number of halogens is 1. The highest BCUT2D eigenvalue weighted by atomic mass is 35.5. The molecule has 0 radical (unpaired) electrons. The molecule has 0 aromatic heterocycles. The van der Waals surface area contributed by atoms with E-state index in [0.29, 0.717) is 40.6 Å². The first-order valence-electron chi connectivity index (χ1n) is 9.78. The molecule has 0 spiro atoms. The van der Waals surface area contributed by atoms with E-state index in [0.717, 1.165) is 19.3 Å². The number of likely N-dealkylation sites (tertiary alicyclic amines) is 1. The van der Waals surface area contributed by atoms with E-state index in [4.69, 9.17) is 11.6 Å². The van der Waals surface area contributed by atoms with Crippen LogP contribution in [0.2, 0.25) is 5.02 Å². The molecule has 1 saturated heterocycles. The summed E-state index contributed by atoms with van der Waals surface area (Å²) in [6.07, 6.45) is 2.94. The Balaban J connectivity index is 1.72. The monoisotopic (exact) mass is 418 g/mol. The third-order valence-electron chi connectivity index (χ3n) is 5.22. The lowest BCUT2D eigenvalue weighted by molar-refractivity contribution is -0.127. The predicted octanol–water partition coefficient (Wildman–Crippen LogP) is 3.78. The van der Waals surface area contributed by atoms with Gasteiger partial charge < -0.3 is 10.2 Å². The second kappa shape index (κ2) is 8.52. The van der Waals surface area contributed by atoms with Gasteiger partial charge in [-0.05, 0) is 31.4 Å². The Kier molecular flexibility index (Phi) is 5.64. The zero-order chi connectivity index (χ0) is 21.1. The van der Waals surface area contributed by atoms with Gasteiger partial charge in [-0.3, -0.25) is 9.59 Å². The van der Waals surface area contributed by atoms with E-state index in [1.165, 1.54) is 0 Å². The van der Waals surface area contributed by atoms with E-state index in [9.17, 15) is 14.9 Å². The summed E-state index contributed by atoms with van der Waals surface area (Å²) in [7, 11) is 0. The van der Waals surface area contributed by atoms with Crippen LogP contribution in [0.5, 0.6) is 0 Å². The highest BCUT2D eigenvalue weighted by Gasteiger charge is 2.30. The largest absolute Gasteiger partial charge is 0.338 e. The quantitative estimate of drug-likeness (QED) is 0.594. The summed E-state index contributed by atoms with van der Waals surface area (Å²) < 4.78 is 0. The normalized spacial score (nSPS) is 16.9. The van der Waals surface area contributed by atoms with Crippen LogP contribution in [0.25, 0.3) is 5.70 Å². The third-order valence-corrected chi connectivity index (χ3v) is 5.55. The maximum atomic E-state index is 13.0. The molecule has 0 aliphatic carbocycles. The van der Waals surface area contributed by atoms with E-state index in [1.807, 2.05) is 18.2 Å². The van der Waals surface area contributed by atoms with Gasteiger partial charge in [0.05, 0.1) is 16.3 Å². The Bertz CT molecular complexity index is 1120. The topological polar surface area (TPSA) is 85.6 Å². The minimum atomic E-state index is -0.406. The number of piperidine rings is 1. The van der Waals surface area contributed by atoms with Crippen molar-refractivity contribution in [1.29, 1.82) is 5.26 Å². The molecule has 4 rings (SSSR count). The molecule has 2 aromatic rings. The molecule has 2 amide bonds. The molecule has 1 fully saturated rings. The number of nitrogens with zero attached hydrogens (tertiary/aromatic N) is 3. The molecule has 2 aliphatic heterocycles. The van der Waals surface area contributed by atoms with E-state index < -0.39 is 5.91 Å². The third kappa shape index (κ3) is 3.72. The minimum absolute atomic E-state index is 0.00802. The smallest absolute Gasteiger partial charge is 0.266 e. The fourth-order valence-corrected chi connectivity index (χ4v) is 3.91. The van der Waals surface area contributed by atoms with Crippen LogP contribution in [0.4, 0.5) is 0 Å². The Labute approximate surface area is 179 Å². The lowest BCUT2D eigenvalue weighted by atomic mass is 10.0. The van der Waals surface area contributed by atoms with Crippen molar-refractivity contribution in [2.75, 3.05) is 13.1 Å². The van der Waals surface area contributed by atoms with Gasteiger partial charge in [-0.25, -0.2) is 4.99 Å². The van der Waals surface area contributed by atoms with Crippen molar-refractivity contribution in [2.24, 2.45) is 4.99 Å². The van der Waals surface area contributed by atoms with Gasteiger partial charge in [-0.15, -0.1) is 0 Å². The van der Waals surface area contributed by atoms with Crippen LogP contribution in [0.3, 0.4) is 0 Å². The number of carbonyl (C=O) groups is 2. The van der Waals surface area contributed by atoms with Crippen molar-refractivity contribution in [1.82, 2.24) is 10.2 Å². The number of hydrogen-bond donors (Lipinski definition) is 1. The zero-order valence-electron chi connectivity index (χ0n) is 16.2. The summed E-state index contributed by atoms with van der Waals surface area (Å²) in [5, 5.41) is 12.9. The first-order valence-corrected chi connectivity index (χ1v) is 10.2. The Morgan fingerprint density at radius 1 is 1.00 bits per heavy atom. The standard InChI is InChI=1S/C23H19ClN4O2/c24-19-11-5-4-10-17(19)22(29)27-21-16-9-3-2-8-15(16)20(26-21)18(14-25)23(30)28-12-6-1-7-13-28/h2-5,8-11H,1,6-7,12-13H2,(H,26,27,29). The summed E-state index contributed by atoms with van der Waals surface area (Å²) >= 11 is 6.13. The number of amidine groups is 1. The first kappa shape index (κ1) is 19.9. The van der Waals surface area contributed by atoms with Gasteiger partial charge in [0, 0.05) is 24.2 Å². The molecule has 1 N–H and O–H groups in total. The van der Waals surface area contributed by atoms with Crippen molar-refractivity contribution in [3.8, 4) is 6.07 Å². The number of rotatable bonds is 2. The fourth-order valence-electron chi connectivity index (χ4n) is 3.69. The highest BCUT2D eigenvalue weighted by Crippen LogP contribution is 2.31. The number of carbonyl (C=O) groups excluding carboxylic acids is 2. The van der Waals surface area contributed by atoms with Crippen LogP contribution in [0, 0.1) is 11.3 Å². The van der Waals surface area contributed by atoms with Crippen LogP contribution in [-0.4, -0.2) is 35.6 Å². The lowest BCUT2D eigenvalue weighted by Crippen LogP contribution is -2.36. The Morgan fingerprint density at radius 2 is 1.67 bits per heavy atom. The summed E-state index contributed by atoms with van der Waals surface area (Å²) in [6, 6.07) is 16.0. The number of aliphatic imine (C=N–C) groups is 1. The number of benzene rings is 2. The van der Waals surface area contributed by atoms with Gasteiger partial charge in [0.2, 0.25) is 0 Å². The number of nitriles is 1. The summed E-state index contributed by atoms with van der Waals surface area (Å²) in [4.78, 5) is 31.9. The molecule has 2 heterocycles. The molecule has 30 heavy (non-hydrogen) atoms. The summed E-state index contributed by atoms with van der Waals surface area (Å²) in [6.45, 7) is 1.28. The van der Waals surface area contributed by atoms with Gasteiger partial charge in [0.15, 0.2) is 0 Å². The van der Waals surface area contributed by atoms with Crippen LogP contribution in [-0.2, 0) is 4.79 Å². The van der Waals surface area contributed by atoms with Crippen molar-refractivity contribution >= 4 is 34.9 Å². The molecule has 2 aliphatic rings. The number of fused-ring (bicyclic) bond motifs is 1. The highest BCUT2D eigenvalue weighted by molar-refractivity contribution is 6.34. The maximum Gasteiger partial charge on any atom is 0.266 e. The summed E-state index contributed by atoms with van der Waals surface area (Å²) in [5.74, 6) is -0.426. The van der Waals surface area contributed by atoms with Crippen LogP contribution < -0.4 is 5.32 Å². The molecule has 6 nitrogen and oxygen atoms in total. The zero-order valence-corrected chi connectivity index (χ0v) is 16.9. The van der Waals surface area contributed by atoms with Gasteiger partial charge in [-0.2, -0.15) is 5.26 Å². The average Bonchev–Trinajstić information content (AvgIpc) is 3.13. The number of amides is 2. The van der Waals surface area contributed by atoms with E-state index in [1.54, 1.807) is 41.3 Å². The van der Waals surface area contributed by atoms with Gasteiger partial charge in [0.1, 0.15) is 17.5 Å². The van der Waals surface area contributed by atoms with E-state index in [2.05, 4.69) is 10.3 Å². The molecule has 150 valence electrons. The molecule has 0 unspecified atom stereocenters. The Hall–Kier alpha value is -3.43. The number of hydrogen-bond acceptors (Lipinski definition) is 4. The van der Waals surface area contributed by atoms with E-state index in [-0.39, 0.29) is 17.2 Å². The van der Waals surface area contributed by atoms with Gasteiger partial charge in [0.25, 0.3) is 11.8 Å². The predicted molar refractivity (Wildman–Crippen MR) is 115 cm³/mol. The molecule has 0 bridgehead atoms. The molecule has 0 saturated carbocycles. The molecule has 0 atom stereocenters. The van der Waals surface area contributed by atoms with Crippen molar-refractivity contribution in [3.63, 3.8) is 0 Å². The second-order valence-corrected chi connectivity index (χ2v) is 7.54. The second-order valence-electron chi connectivity index (χ2n) is 7.13. The van der Waals surface area contributed by atoms with Crippen molar-refractivity contribution in [3.05, 3.63) is 75.8 Å². The molecule has 2 aromatic carbocycles. The maximum absolute atomic E-state index is 13.0. The van der Waals surface area contributed by atoms with Crippen molar-refractivity contribution in [2.45, 2.75) is 19.3 Å². The SMILES string of the molecule is N#CC(C(=O)N1CCCCC1)=C1N=C(NC(=O)c2ccccc2Cl)c2ccccc21. The first-order chi connectivity index (χ1) is 14.6. The molecular formula is C23H19ClN4O2. The Morgan fingerprint density at radius 3 is 2.37 bits per heavy atom. The van der Waals surface area contributed by atoms with Crippen LogP contribution >= 0.6 is 11.6 Å². The van der Waals surface area contributed by atoms with Gasteiger partial charge in [-0.1, -0.05) is 48.0 Å². The number of nitrogens with one attached hydrogen (secondary N) is 1. The van der Waals surface area contributed by atoms with Gasteiger partial charge >= 0.3 is 0 Å². The van der Waals surface area contributed by atoms with Crippen molar-refractivity contribution < 1.29 is 9.59 Å².